The third-order valence-corrected chi connectivity index (χ3v) is 4.80. The minimum atomic E-state index is -0.196. The Bertz CT molecular complexity index is 831. The Morgan fingerprint density at radius 2 is 1.71 bits per heavy atom. The number of para-hydroxylation sites is 4. The Morgan fingerprint density at radius 1 is 1.07 bits per heavy atom. The number of amides is 2. The highest BCUT2D eigenvalue weighted by Gasteiger charge is 2.28. The van der Waals surface area contributed by atoms with Crippen molar-refractivity contribution in [3.63, 3.8) is 0 Å². The van der Waals surface area contributed by atoms with E-state index in [1.165, 1.54) is 6.07 Å². The second kappa shape index (κ2) is 9.12. The van der Waals surface area contributed by atoms with E-state index in [4.69, 9.17) is 9.47 Å². The number of nitrogens with zero attached hydrogens (tertiary/aromatic N) is 1. The number of carbonyl (C=O) groups excluding carboxylic acids is 2. The van der Waals surface area contributed by atoms with Gasteiger partial charge in [-0.3, -0.25) is 9.59 Å². The zero-order valence-corrected chi connectivity index (χ0v) is 15.8. The van der Waals surface area contributed by atoms with Crippen LogP contribution in [-0.2, 0) is 9.59 Å². The number of rotatable bonds is 6. The van der Waals surface area contributed by atoms with E-state index < -0.39 is 0 Å². The van der Waals surface area contributed by atoms with Gasteiger partial charge in [-0.15, -0.1) is 0 Å². The van der Waals surface area contributed by atoms with Crippen LogP contribution in [0.5, 0.6) is 17.2 Å². The van der Waals surface area contributed by atoms with Gasteiger partial charge in [-0.25, -0.2) is 0 Å². The number of aromatic hydroxyl groups is 1. The number of likely N-dealkylation sites (tertiary alicyclic amines) is 1. The summed E-state index contributed by atoms with van der Waals surface area (Å²) < 4.78 is 10.8. The van der Waals surface area contributed by atoms with Gasteiger partial charge in [0, 0.05) is 19.0 Å². The van der Waals surface area contributed by atoms with E-state index in [1.807, 2.05) is 12.1 Å². The maximum absolute atomic E-state index is 12.4. The topological polar surface area (TPSA) is 88.1 Å². The van der Waals surface area contributed by atoms with Crippen LogP contribution in [0.3, 0.4) is 0 Å². The molecule has 1 heterocycles. The smallest absolute Gasteiger partial charge is 0.260 e. The molecular formula is C21H24N2O5. The molecule has 1 saturated heterocycles. The van der Waals surface area contributed by atoms with Gasteiger partial charge >= 0.3 is 0 Å². The fraction of sp³-hybridized carbons (Fsp3) is 0.333. The Hall–Kier alpha value is -3.22. The standard InChI is InChI=1S/C21H24N2O5/c1-27-18-8-4-5-9-19(18)28-14-20(25)23-12-10-15(11-13-23)21(26)22-16-6-2-3-7-17(16)24/h2-9,15,24H,10-14H2,1H3,(H,22,26). The lowest BCUT2D eigenvalue weighted by Gasteiger charge is -2.31. The van der Waals surface area contributed by atoms with Gasteiger partial charge in [-0.05, 0) is 37.1 Å². The molecule has 148 valence electrons. The predicted molar refractivity (Wildman–Crippen MR) is 105 cm³/mol. The molecular weight excluding hydrogens is 360 g/mol. The summed E-state index contributed by atoms with van der Waals surface area (Å²) in [5.74, 6) is 0.685. The largest absolute Gasteiger partial charge is 0.506 e. The highest BCUT2D eigenvalue weighted by Crippen LogP contribution is 2.27. The zero-order valence-electron chi connectivity index (χ0n) is 15.8. The summed E-state index contributed by atoms with van der Waals surface area (Å²) in [6, 6.07) is 13.8. The molecule has 0 atom stereocenters. The van der Waals surface area contributed by atoms with Crippen molar-refractivity contribution in [1.29, 1.82) is 0 Å². The Morgan fingerprint density at radius 3 is 2.39 bits per heavy atom. The lowest BCUT2D eigenvalue weighted by molar-refractivity contribution is -0.136. The van der Waals surface area contributed by atoms with Crippen LogP contribution < -0.4 is 14.8 Å². The van der Waals surface area contributed by atoms with Crippen molar-refractivity contribution in [3.8, 4) is 17.2 Å². The van der Waals surface area contributed by atoms with Crippen molar-refractivity contribution in [1.82, 2.24) is 4.90 Å². The van der Waals surface area contributed by atoms with E-state index in [1.54, 1.807) is 42.3 Å². The molecule has 0 aliphatic carbocycles. The van der Waals surface area contributed by atoms with E-state index >= 15 is 0 Å². The number of ether oxygens (including phenoxy) is 2. The molecule has 0 saturated carbocycles. The van der Waals surface area contributed by atoms with Gasteiger partial charge in [-0.2, -0.15) is 0 Å². The number of hydrogen-bond acceptors (Lipinski definition) is 5. The predicted octanol–water partition coefficient (Wildman–Crippen LogP) is 2.66. The number of piperidine rings is 1. The highest BCUT2D eigenvalue weighted by atomic mass is 16.5. The summed E-state index contributed by atoms with van der Waals surface area (Å²) in [6.07, 6.45) is 1.14. The first-order chi connectivity index (χ1) is 13.6. The van der Waals surface area contributed by atoms with Gasteiger partial charge in [-0.1, -0.05) is 24.3 Å². The van der Waals surface area contributed by atoms with Crippen molar-refractivity contribution in [3.05, 3.63) is 48.5 Å². The van der Waals surface area contributed by atoms with Gasteiger partial charge < -0.3 is 24.8 Å². The minimum absolute atomic E-state index is 0.0388. The van der Waals surface area contributed by atoms with E-state index in [9.17, 15) is 14.7 Å². The number of phenols is 1. The number of benzene rings is 2. The fourth-order valence-corrected chi connectivity index (χ4v) is 3.17. The monoisotopic (exact) mass is 384 g/mol. The maximum Gasteiger partial charge on any atom is 0.260 e. The molecule has 0 bridgehead atoms. The number of methoxy groups -OCH3 is 1. The summed E-state index contributed by atoms with van der Waals surface area (Å²) in [6.45, 7) is 0.912. The van der Waals surface area contributed by atoms with Crippen molar-refractivity contribution in [2.75, 3.05) is 32.1 Å². The summed E-state index contributed by atoms with van der Waals surface area (Å²) in [5.41, 5.74) is 0.399. The number of nitrogens with one attached hydrogen (secondary N) is 1. The van der Waals surface area contributed by atoms with Gasteiger partial charge in [0.05, 0.1) is 12.8 Å². The van der Waals surface area contributed by atoms with Gasteiger partial charge in [0.25, 0.3) is 5.91 Å². The van der Waals surface area contributed by atoms with E-state index in [-0.39, 0.29) is 30.1 Å². The normalized spacial score (nSPS) is 14.4. The van der Waals surface area contributed by atoms with Gasteiger partial charge in [0.15, 0.2) is 18.1 Å². The van der Waals surface area contributed by atoms with E-state index in [0.29, 0.717) is 43.1 Å². The molecule has 2 amide bonds. The molecule has 2 N–H and O–H groups in total. The van der Waals surface area contributed by atoms with Crippen molar-refractivity contribution in [2.45, 2.75) is 12.8 Å². The molecule has 0 unspecified atom stereocenters. The summed E-state index contributed by atoms with van der Waals surface area (Å²) in [5, 5.41) is 12.5. The molecule has 1 aliphatic rings. The number of phenolic OH excluding ortho intramolecular Hbond substituents is 1. The molecule has 2 aromatic carbocycles. The summed E-state index contributed by atoms with van der Waals surface area (Å²) in [7, 11) is 1.55. The van der Waals surface area contributed by atoms with Gasteiger partial charge in [0.2, 0.25) is 5.91 Å². The molecule has 1 aliphatic heterocycles. The van der Waals surface area contributed by atoms with Crippen LogP contribution in [-0.4, -0.2) is 48.6 Å². The molecule has 2 aromatic rings. The first-order valence-electron chi connectivity index (χ1n) is 9.21. The fourth-order valence-electron chi connectivity index (χ4n) is 3.17. The zero-order chi connectivity index (χ0) is 19.9. The van der Waals surface area contributed by atoms with Crippen LogP contribution >= 0.6 is 0 Å². The lowest BCUT2D eigenvalue weighted by Crippen LogP contribution is -2.43. The molecule has 0 radical (unpaired) electrons. The molecule has 3 rings (SSSR count). The second-order valence-electron chi connectivity index (χ2n) is 6.60. The van der Waals surface area contributed by atoms with Crippen LogP contribution in [0, 0.1) is 5.92 Å². The number of carbonyl (C=O) groups is 2. The summed E-state index contributed by atoms with van der Waals surface area (Å²) >= 11 is 0. The number of hydrogen-bond donors (Lipinski definition) is 2. The Balaban J connectivity index is 1.47. The minimum Gasteiger partial charge on any atom is -0.506 e. The first kappa shape index (κ1) is 19.5. The van der Waals surface area contributed by atoms with Crippen molar-refractivity contribution in [2.24, 2.45) is 5.92 Å². The maximum atomic E-state index is 12.4. The first-order valence-corrected chi connectivity index (χ1v) is 9.21. The number of anilines is 1. The van der Waals surface area contributed by atoms with Gasteiger partial charge in [0.1, 0.15) is 5.75 Å². The average Bonchev–Trinajstić information content (AvgIpc) is 2.74. The molecule has 0 aromatic heterocycles. The molecule has 1 fully saturated rings. The Kier molecular flexibility index (Phi) is 6.37. The van der Waals surface area contributed by atoms with Crippen LogP contribution in [0.25, 0.3) is 0 Å². The van der Waals surface area contributed by atoms with Crippen molar-refractivity contribution >= 4 is 17.5 Å². The second-order valence-corrected chi connectivity index (χ2v) is 6.60. The molecule has 7 heteroatoms. The Labute approximate surface area is 163 Å². The van der Waals surface area contributed by atoms with E-state index in [0.717, 1.165) is 0 Å². The van der Waals surface area contributed by atoms with Crippen LogP contribution in [0.4, 0.5) is 5.69 Å². The highest BCUT2D eigenvalue weighted by molar-refractivity contribution is 5.94. The molecule has 7 nitrogen and oxygen atoms in total. The average molecular weight is 384 g/mol. The summed E-state index contributed by atoms with van der Waals surface area (Å²) in [4.78, 5) is 26.5. The third-order valence-electron chi connectivity index (χ3n) is 4.80. The molecule has 0 spiro atoms. The van der Waals surface area contributed by atoms with Crippen molar-refractivity contribution < 1.29 is 24.2 Å². The van der Waals surface area contributed by atoms with Crippen LogP contribution in [0.15, 0.2) is 48.5 Å². The SMILES string of the molecule is COc1ccccc1OCC(=O)N1CCC(C(=O)Nc2ccccc2O)CC1. The quantitative estimate of drug-likeness (QED) is 0.748. The van der Waals surface area contributed by atoms with Crippen LogP contribution in [0.2, 0.25) is 0 Å². The van der Waals surface area contributed by atoms with E-state index in [2.05, 4.69) is 5.32 Å². The lowest BCUT2D eigenvalue weighted by atomic mass is 9.95. The van der Waals surface area contributed by atoms with Crippen LogP contribution in [0.1, 0.15) is 12.8 Å². The third kappa shape index (κ3) is 4.73. The molecule has 28 heavy (non-hydrogen) atoms.